The molecule has 0 spiro atoms. The Balaban J connectivity index is 2.45. The van der Waals surface area contributed by atoms with Gasteiger partial charge in [0.15, 0.2) is 0 Å². The van der Waals surface area contributed by atoms with Crippen molar-refractivity contribution in [3.63, 3.8) is 0 Å². The number of hydrogen-bond donors (Lipinski definition) is 1. The highest BCUT2D eigenvalue weighted by atomic mass is 79.9. The molecule has 0 aliphatic carbocycles. The van der Waals surface area contributed by atoms with Crippen molar-refractivity contribution in [2.24, 2.45) is 0 Å². The summed E-state index contributed by atoms with van der Waals surface area (Å²) >= 11 is 11.2. The van der Waals surface area contributed by atoms with Crippen LogP contribution in [0.5, 0.6) is 0 Å². The van der Waals surface area contributed by atoms with E-state index in [2.05, 4.69) is 33.2 Å². The van der Waals surface area contributed by atoms with E-state index in [1.807, 2.05) is 32.2 Å². The van der Waals surface area contributed by atoms with Crippen molar-refractivity contribution in [2.75, 3.05) is 7.05 Å². The lowest BCUT2D eigenvalue weighted by Crippen LogP contribution is -2.11. The first-order chi connectivity index (χ1) is 8.52. The Morgan fingerprint density at radius 3 is 2.78 bits per heavy atom. The van der Waals surface area contributed by atoms with Gasteiger partial charge in [-0.25, -0.2) is 4.98 Å². The molecule has 1 aromatic carbocycles. The Kier molecular flexibility index (Phi) is 4.43. The Morgan fingerprint density at radius 1 is 1.44 bits per heavy atom. The average Bonchev–Trinajstić information content (AvgIpc) is 2.70. The third-order valence-corrected chi connectivity index (χ3v) is 5.08. The number of benzene rings is 1. The van der Waals surface area contributed by atoms with Gasteiger partial charge in [0.2, 0.25) is 0 Å². The number of nitrogens with zero attached hydrogens (tertiary/aromatic N) is 1. The number of thiazole rings is 1. The summed E-state index contributed by atoms with van der Waals surface area (Å²) in [5.74, 6) is 0. The zero-order valence-electron chi connectivity index (χ0n) is 10.4. The highest BCUT2D eigenvalue weighted by Gasteiger charge is 2.15. The van der Waals surface area contributed by atoms with Gasteiger partial charge in [-0.05, 0) is 39.1 Å². The lowest BCUT2D eigenvalue weighted by atomic mass is 10.2. The van der Waals surface area contributed by atoms with Gasteiger partial charge in [-0.3, -0.25) is 0 Å². The maximum Gasteiger partial charge on any atom is 0.125 e. The molecule has 96 valence electrons. The largest absolute Gasteiger partial charge is 0.312 e. The number of aromatic nitrogens is 1. The topological polar surface area (TPSA) is 24.9 Å². The molecule has 0 radical (unpaired) electrons. The lowest BCUT2D eigenvalue weighted by Gasteiger charge is -2.07. The zero-order valence-corrected chi connectivity index (χ0v) is 13.6. The van der Waals surface area contributed by atoms with Gasteiger partial charge in [-0.2, -0.15) is 0 Å². The SMILES string of the molecule is CNC(C)c1sc(-c2ccc(Cl)cc2Br)nc1C. The summed E-state index contributed by atoms with van der Waals surface area (Å²) in [6.07, 6.45) is 0. The maximum absolute atomic E-state index is 5.96. The molecular weight excluding hydrogens is 332 g/mol. The molecule has 0 saturated heterocycles. The first-order valence-electron chi connectivity index (χ1n) is 5.63. The van der Waals surface area contributed by atoms with Crippen molar-refractivity contribution in [1.82, 2.24) is 10.3 Å². The van der Waals surface area contributed by atoms with Gasteiger partial charge < -0.3 is 5.32 Å². The van der Waals surface area contributed by atoms with Crippen LogP contribution in [0, 0.1) is 6.92 Å². The van der Waals surface area contributed by atoms with E-state index in [4.69, 9.17) is 11.6 Å². The first kappa shape index (κ1) is 14.0. The minimum atomic E-state index is 0.322. The van der Waals surface area contributed by atoms with Crippen molar-refractivity contribution in [3.05, 3.63) is 38.3 Å². The second-order valence-corrected chi connectivity index (χ2v) is 6.42. The minimum Gasteiger partial charge on any atom is -0.312 e. The van der Waals surface area contributed by atoms with Gasteiger partial charge in [-0.1, -0.05) is 27.5 Å². The Bertz CT molecular complexity index is 568. The van der Waals surface area contributed by atoms with Crippen LogP contribution in [-0.2, 0) is 0 Å². The third-order valence-electron chi connectivity index (χ3n) is 2.82. The summed E-state index contributed by atoms with van der Waals surface area (Å²) in [5.41, 5.74) is 2.17. The van der Waals surface area contributed by atoms with Gasteiger partial charge in [0, 0.05) is 26.0 Å². The van der Waals surface area contributed by atoms with Crippen LogP contribution in [0.2, 0.25) is 5.02 Å². The number of hydrogen-bond acceptors (Lipinski definition) is 3. The molecule has 1 atom stereocenters. The van der Waals surface area contributed by atoms with E-state index in [1.165, 1.54) is 4.88 Å². The number of halogens is 2. The molecule has 0 bridgehead atoms. The van der Waals surface area contributed by atoms with Crippen LogP contribution in [0.25, 0.3) is 10.6 Å². The molecule has 0 aliphatic heterocycles. The molecule has 1 heterocycles. The monoisotopic (exact) mass is 344 g/mol. The number of rotatable bonds is 3. The van der Waals surface area contributed by atoms with E-state index in [-0.39, 0.29) is 0 Å². The Morgan fingerprint density at radius 2 is 2.17 bits per heavy atom. The van der Waals surface area contributed by atoms with E-state index in [0.717, 1.165) is 25.8 Å². The van der Waals surface area contributed by atoms with Crippen LogP contribution in [0.1, 0.15) is 23.5 Å². The van der Waals surface area contributed by atoms with Gasteiger partial charge in [-0.15, -0.1) is 11.3 Å². The standard InChI is InChI=1S/C13H14BrClN2S/c1-7(16-3)12-8(2)17-13(18-12)10-5-4-9(15)6-11(10)14/h4-7,16H,1-3H3. The van der Waals surface area contributed by atoms with Crippen LogP contribution in [-0.4, -0.2) is 12.0 Å². The van der Waals surface area contributed by atoms with Crippen LogP contribution in [0.4, 0.5) is 0 Å². The minimum absolute atomic E-state index is 0.322. The lowest BCUT2D eigenvalue weighted by molar-refractivity contribution is 0.658. The predicted octanol–water partition coefficient (Wildman–Crippen LogP) is 4.81. The molecule has 1 aromatic heterocycles. The molecule has 5 heteroatoms. The number of aryl methyl sites for hydroxylation is 1. The molecule has 1 unspecified atom stereocenters. The molecule has 18 heavy (non-hydrogen) atoms. The fourth-order valence-electron chi connectivity index (χ4n) is 1.72. The molecule has 2 rings (SSSR count). The van der Waals surface area contributed by atoms with E-state index >= 15 is 0 Å². The van der Waals surface area contributed by atoms with Crippen LogP contribution in [0.3, 0.4) is 0 Å². The maximum atomic E-state index is 5.96. The van der Waals surface area contributed by atoms with E-state index in [0.29, 0.717) is 6.04 Å². The molecule has 1 N–H and O–H groups in total. The zero-order chi connectivity index (χ0) is 13.3. The molecule has 0 saturated carbocycles. The molecular formula is C13H14BrClN2S. The first-order valence-corrected chi connectivity index (χ1v) is 7.61. The van der Waals surface area contributed by atoms with Crippen molar-refractivity contribution < 1.29 is 0 Å². The van der Waals surface area contributed by atoms with E-state index in [9.17, 15) is 0 Å². The van der Waals surface area contributed by atoms with Gasteiger partial charge in [0.1, 0.15) is 5.01 Å². The fraction of sp³-hybridized carbons (Fsp3) is 0.308. The number of nitrogens with one attached hydrogen (secondary N) is 1. The van der Waals surface area contributed by atoms with E-state index < -0.39 is 0 Å². The van der Waals surface area contributed by atoms with Crippen molar-refractivity contribution >= 4 is 38.9 Å². The van der Waals surface area contributed by atoms with Gasteiger partial charge >= 0.3 is 0 Å². The second-order valence-electron chi connectivity index (χ2n) is 4.10. The molecule has 0 fully saturated rings. The summed E-state index contributed by atoms with van der Waals surface area (Å²) in [4.78, 5) is 5.92. The molecule has 2 aromatic rings. The Hall–Kier alpha value is -0.420. The van der Waals surface area contributed by atoms with Crippen LogP contribution < -0.4 is 5.32 Å². The summed E-state index contributed by atoms with van der Waals surface area (Å²) in [5, 5.41) is 4.99. The third kappa shape index (κ3) is 2.77. The second kappa shape index (κ2) is 5.70. The highest BCUT2D eigenvalue weighted by Crippen LogP contribution is 2.36. The highest BCUT2D eigenvalue weighted by molar-refractivity contribution is 9.10. The summed E-state index contributed by atoms with van der Waals surface area (Å²) in [6.45, 7) is 4.19. The average molecular weight is 346 g/mol. The normalized spacial score (nSPS) is 12.7. The molecule has 2 nitrogen and oxygen atoms in total. The fourth-order valence-corrected chi connectivity index (χ4v) is 3.89. The molecule has 0 amide bonds. The van der Waals surface area contributed by atoms with Crippen molar-refractivity contribution in [2.45, 2.75) is 19.9 Å². The summed E-state index contributed by atoms with van der Waals surface area (Å²) in [6, 6.07) is 6.11. The van der Waals surface area contributed by atoms with Gasteiger partial charge in [0.25, 0.3) is 0 Å². The molecule has 0 aliphatic rings. The van der Waals surface area contributed by atoms with Crippen molar-refractivity contribution in [1.29, 1.82) is 0 Å². The van der Waals surface area contributed by atoms with Crippen molar-refractivity contribution in [3.8, 4) is 10.6 Å². The summed E-state index contributed by atoms with van der Waals surface area (Å²) in [7, 11) is 1.96. The van der Waals surface area contributed by atoms with Gasteiger partial charge in [0.05, 0.1) is 5.69 Å². The predicted molar refractivity (Wildman–Crippen MR) is 82.5 cm³/mol. The van der Waals surface area contributed by atoms with Crippen LogP contribution >= 0.6 is 38.9 Å². The van der Waals surface area contributed by atoms with Crippen LogP contribution in [0.15, 0.2) is 22.7 Å². The Labute approximate surface area is 125 Å². The van der Waals surface area contributed by atoms with E-state index in [1.54, 1.807) is 11.3 Å². The summed E-state index contributed by atoms with van der Waals surface area (Å²) < 4.78 is 0.979. The quantitative estimate of drug-likeness (QED) is 0.863. The smallest absolute Gasteiger partial charge is 0.125 e.